The van der Waals surface area contributed by atoms with Gasteiger partial charge in [0.05, 0.1) is 19.3 Å². The standard InChI is InChI=1S/C18H28O4/c1-2-3-4-5-14(19)6-7-15-16-12-18(21-8-9-22-18)11-13(16)10-17(15)20/h6-7,13,15-17,20H,2-5,8-12H2,1H3/t13-,15-,16-,17-/m1/s1. The van der Waals surface area contributed by atoms with Gasteiger partial charge in [-0.1, -0.05) is 25.8 Å². The van der Waals surface area contributed by atoms with Gasteiger partial charge in [-0.05, 0) is 30.8 Å². The third-order valence-corrected chi connectivity index (χ3v) is 5.55. The maximum atomic E-state index is 11.9. The maximum absolute atomic E-state index is 11.9. The molecule has 0 unspecified atom stereocenters. The summed E-state index contributed by atoms with van der Waals surface area (Å²) in [6.45, 7) is 3.50. The van der Waals surface area contributed by atoms with Gasteiger partial charge in [-0.2, -0.15) is 0 Å². The Labute approximate surface area is 132 Å². The van der Waals surface area contributed by atoms with Crippen LogP contribution in [0.15, 0.2) is 12.2 Å². The number of ether oxygens (including phenoxy) is 2. The van der Waals surface area contributed by atoms with Crippen LogP contribution in [0.3, 0.4) is 0 Å². The fraction of sp³-hybridized carbons (Fsp3) is 0.833. The smallest absolute Gasteiger partial charge is 0.169 e. The monoisotopic (exact) mass is 308 g/mol. The molecule has 4 heteroatoms. The number of hydrogen-bond acceptors (Lipinski definition) is 4. The Hall–Kier alpha value is -0.710. The minimum Gasteiger partial charge on any atom is -0.392 e. The summed E-state index contributed by atoms with van der Waals surface area (Å²) in [4.78, 5) is 11.9. The van der Waals surface area contributed by atoms with Gasteiger partial charge >= 0.3 is 0 Å². The lowest BCUT2D eigenvalue weighted by Gasteiger charge is -2.25. The fourth-order valence-electron chi connectivity index (χ4n) is 4.48. The van der Waals surface area contributed by atoms with E-state index in [1.165, 1.54) is 0 Å². The molecule has 22 heavy (non-hydrogen) atoms. The Bertz CT molecular complexity index is 425. The number of fused-ring (bicyclic) bond motifs is 1. The summed E-state index contributed by atoms with van der Waals surface area (Å²) in [6.07, 6.45) is 9.70. The fourth-order valence-corrected chi connectivity index (χ4v) is 4.48. The van der Waals surface area contributed by atoms with Crippen LogP contribution in [0.1, 0.15) is 51.9 Å². The Morgan fingerprint density at radius 3 is 2.77 bits per heavy atom. The zero-order valence-electron chi connectivity index (χ0n) is 13.5. The topological polar surface area (TPSA) is 55.8 Å². The lowest BCUT2D eigenvalue weighted by molar-refractivity contribution is -0.157. The molecular formula is C18H28O4. The summed E-state index contributed by atoms with van der Waals surface area (Å²) >= 11 is 0. The van der Waals surface area contributed by atoms with Crippen molar-refractivity contribution in [2.75, 3.05) is 13.2 Å². The van der Waals surface area contributed by atoms with E-state index in [1.54, 1.807) is 6.08 Å². The van der Waals surface area contributed by atoms with Crippen molar-refractivity contribution >= 4 is 5.78 Å². The molecule has 1 heterocycles. The number of carbonyl (C=O) groups is 1. The first-order chi connectivity index (χ1) is 10.6. The van der Waals surface area contributed by atoms with Crippen LogP contribution in [0.25, 0.3) is 0 Å². The van der Waals surface area contributed by atoms with E-state index in [4.69, 9.17) is 9.47 Å². The lowest BCUT2D eigenvalue weighted by atomic mass is 9.90. The van der Waals surface area contributed by atoms with Crippen molar-refractivity contribution in [3.05, 3.63) is 12.2 Å². The van der Waals surface area contributed by atoms with E-state index in [-0.39, 0.29) is 17.8 Å². The van der Waals surface area contributed by atoms with Crippen molar-refractivity contribution in [2.24, 2.45) is 17.8 Å². The number of aliphatic hydroxyl groups is 1. The third-order valence-electron chi connectivity index (χ3n) is 5.55. The van der Waals surface area contributed by atoms with Crippen molar-refractivity contribution in [1.82, 2.24) is 0 Å². The molecule has 0 radical (unpaired) electrons. The second kappa shape index (κ2) is 6.81. The molecule has 0 amide bonds. The molecule has 0 aromatic carbocycles. The molecule has 3 aliphatic rings. The summed E-state index contributed by atoms with van der Waals surface area (Å²) in [6, 6.07) is 0. The Kier molecular flexibility index (Phi) is 5.00. The first kappa shape index (κ1) is 16.2. The van der Waals surface area contributed by atoms with Crippen molar-refractivity contribution in [3.63, 3.8) is 0 Å². The zero-order chi connectivity index (χ0) is 15.6. The van der Waals surface area contributed by atoms with E-state index in [0.29, 0.717) is 31.5 Å². The van der Waals surface area contributed by atoms with Gasteiger partial charge in [-0.3, -0.25) is 4.79 Å². The van der Waals surface area contributed by atoms with Crippen LogP contribution in [0.2, 0.25) is 0 Å². The molecule has 0 bridgehead atoms. The zero-order valence-corrected chi connectivity index (χ0v) is 13.5. The van der Waals surface area contributed by atoms with Crippen LogP contribution >= 0.6 is 0 Å². The van der Waals surface area contributed by atoms with E-state index in [1.807, 2.05) is 6.08 Å². The number of allylic oxidation sites excluding steroid dienone is 1. The quantitative estimate of drug-likeness (QED) is 0.605. The molecule has 0 aromatic rings. The second-order valence-electron chi connectivity index (χ2n) is 7.10. The van der Waals surface area contributed by atoms with Gasteiger partial charge in [0, 0.05) is 25.2 Å². The highest BCUT2D eigenvalue weighted by atomic mass is 16.7. The average Bonchev–Trinajstić information content (AvgIpc) is 3.14. The molecule has 0 aromatic heterocycles. The molecular weight excluding hydrogens is 280 g/mol. The SMILES string of the molecule is CCCCCC(=O)C=C[C@@H]1[C@@H]2CC3(C[C@H]2C[C@H]1O)OCCO3. The lowest BCUT2D eigenvalue weighted by Crippen LogP contribution is -2.29. The molecule has 124 valence electrons. The number of ketones is 1. The van der Waals surface area contributed by atoms with Crippen molar-refractivity contribution in [3.8, 4) is 0 Å². The number of unbranched alkanes of at least 4 members (excludes halogenated alkanes) is 2. The minimum atomic E-state index is -0.396. The average molecular weight is 308 g/mol. The first-order valence-corrected chi connectivity index (χ1v) is 8.80. The van der Waals surface area contributed by atoms with Gasteiger partial charge in [0.15, 0.2) is 11.6 Å². The third kappa shape index (κ3) is 3.29. The van der Waals surface area contributed by atoms with Gasteiger partial charge in [0.2, 0.25) is 0 Å². The van der Waals surface area contributed by atoms with Crippen LogP contribution in [-0.4, -0.2) is 36.0 Å². The van der Waals surface area contributed by atoms with Gasteiger partial charge in [0.25, 0.3) is 0 Å². The molecule has 2 aliphatic carbocycles. The first-order valence-electron chi connectivity index (χ1n) is 8.80. The van der Waals surface area contributed by atoms with Crippen LogP contribution in [0, 0.1) is 17.8 Å². The van der Waals surface area contributed by atoms with Crippen LogP contribution < -0.4 is 0 Å². The van der Waals surface area contributed by atoms with Crippen LogP contribution in [0.4, 0.5) is 0 Å². The Morgan fingerprint density at radius 2 is 2.05 bits per heavy atom. The Morgan fingerprint density at radius 1 is 1.27 bits per heavy atom. The highest BCUT2D eigenvalue weighted by Gasteiger charge is 2.55. The van der Waals surface area contributed by atoms with E-state index in [9.17, 15) is 9.90 Å². The molecule has 4 nitrogen and oxygen atoms in total. The maximum Gasteiger partial charge on any atom is 0.169 e. The molecule has 1 aliphatic heterocycles. The molecule has 4 atom stereocenters. The van der Waals surface area contributed by atoms with Crippen molar-refractivity contribution in [1.29, 1.82) is 0 Å². The predicted molar refractivity (Wildman–Crippen MR) is 83.3 cm³/mol. The van der Waals surface area contributed by atoms with Crippen LogP contribution in [0.5, 0.6) is 0 Å². The summed E-state index contributed by atoms with van der Waals surface area (Å²) in [5.74, 6) is 0.704. The molecule has 1 saturated heterocycles. The van der Waals surface area contributed by atoms with Crippen LogP contribution in [-0.2, 0) is 14.3 Å². The number of carbonyl (C=O) groups excluding carboxylic acids is 1. The van der Waals surface area contributed by atoms with Crippen molar-refractivity contribution < 1.29 is 19.4 Å². The minimum absolute atomic E-state index is 0.0762. The van der Waals surface area contributed by atoms with Gasteiger partial charge in [-0.25, -0.2) is 0 Å². The summed E-state index contributed by atoms with van der Waals surface area (Å²) < 4.78 is 11.6. The molecule has 2 saturated carbocycles. The van der Waals surface area contributed by atoms with E-state index in [2.05, 4.69) is 6.92 Å². The van der Waals surface area contributed by atoms with E-state index < -0.39 is 5.79 Å². The van der Waals surface area contributed by atoms with Gasteiger partial charge in [-0.15, -0.1) is 0 Å². The van der Waals surface area contributed by atoms with E-state index in [0.717, 1.165) is 38.5 Å². The van der Waals surface area contributed by atoms with Gasteiger partial charge in [0.1, 0.15) is 0 Å². The normalized spacial score (nSPS) is 36.5. The summed E-state index contributed by atoms with van der Waals surface area (Å²) in [7, 11) is 0. The Balaban J connectivity index is 1.57. The number of aliphatic hydroxyl groups excluding tert-OH is 1. The van der Waals surface area contributed by atoms with Gasteiger partial charge < -0.3 is 14.6 Å². The number of hydrogen-bond donors (Lipinski definition) is 1. The largest absolute Gasteiger partial charge is 0.392 e. The molecule has 1 N–H and O–H groups in total. The summed E-state index contributed by atoms with van der Waals surface area (Å²) in [5.41, 5.74) is 0. The van der Waals surface area contributed by atoms with Crippen molar-refractivity contribution in [2.45, 2.75) is 63.8 Å². The predicted octanol–water partition coefficient (Wildman–Crippen LogP) is 2.84. The molecule has 3 fully saturated rings. The molecule has 1 spiro atoms. The summed E-state index contributed by atoms with van der Waals surface area (Å²) in [5, 5.41) is 10.3. The highest BCUT2D eigenvalue weighted by molar-refractivity contribution is 5.89. The second-order valence-corrected chi connectivity index (χ2v) is 7.10. The molecule has 3 rings (SSSR count). The highest BCUT2D eigenvalue weighted by Crippen LogP contribution is 2.54. The van der Waals surface area contributed by atoms with E-state index >= 15 is 0 Å². The number of rotatable bonds is 6.